The summed E-state index contributed by atoms with van der Waals surface area (Å²) in [5, 5.41) is 8.94. The lowest BCUT2D eigenvalue weighted by Crippen LogP contribution is -2.49. The summed E-state index contributed by atoms with van der Waals surface area (Å²) in [6.07, 6.45) is 2.51. The van der Waals surface area contributed by atoms with Gasteiger partial charge in [-0.2, -0.15) is 0 Å². The first-order valence-electron chi connectivity index (χ1n) is 6.40. The lowest BCUT2D eigenvalue weighted by atomic mass is 10.1. The molecule has 2 rings (SSSR count). The topological polar surface area (TPSA) is 76.1 Å². The van der Waals surface area contributed by atoms with E-state index in [-0.39, 0.29) is 18.5 Å². The maximum Gasteiger partial charge on any atom is 0.323 e. The molecule has 0 aromatic heterocycles. The molecule has 2 fully saturated rings. The molecule has 1 unspecified atom stereocenters. The summed E-state index contributed by atoms with van der Waals surface area (Å²) >= 11 is 0. The first-order valence-corrected chi connectivity index (χ1v) is 6.40. The van der Waals surface area contributed by atoms with Gasteiger partial charge in [-0.25, -0.2) is 0 Å². The number of carboxylic acids is 1. The smallest absolute Gasteiger partial charge is 0.323 e. The Kier molecular flexibility index (Phi) is 4.54. The number of carbonyl (C=O) groups excluding carboxylic acids is 1. The first kappa shape index (κ1) is 13.3. The van der Waals surface area contributed by atoms with Crippen LogP contribution in [0.5, 0.6) is 0 Å². The highest BCUT2D eigenvalue weighted by Gasteiger charge is 2.34. The quantitative estimate of drug-likeness (QED) is 0.781. The van der Waals surface area contributed by atoms with E-state index >= 15 is 0 Å². The van der Waals surface area contributed by atoms with Gasteiger partial charge >= 0.3 is 5.97 Å². The van der Waals surface area contributed by atoms with Crippen LogP contribution >= 0.6 is 0 Å². The van der Waals surface area contributed by atoms with Gasteiger partial charge in [0.25, 0.3) is 5.91 Å². The second kappa shape index (κ2) is 6.15. The Morgan fingerprint density at radius 3 is 2.44 bits per heavy atom. The van der Waals surface area contributed by atoms with E-state index in [4.69, 9.17) is 14.6 Å². The number of rotatable bonds is 4. The minimum Gasteiger partial charge on any atom is -0.480 e. The van der Waals surface area contributed by atoms with Crippen LogP contribution in [0.3, 0.4) is 0 Å². The van der Waals surface area contributed by atoms with Crippen molar-refractivity contribution in [2.75, 3.05) is 26.4 Å². The van der Waals surface area contributed by atoms with E-state index in [9.17, 15) is 9.59 Å². The third-order valence-electron chi connectivity index (χ3n) is 3.43. The Hall–Kier alpha value is -1.14. The third-order valence-corrected chi connectivity index (χ3v) is 3.43. The van der Waals surface area contributed by atoms with Crippen LogP contribution in [-0.4, -0.2) is 60.4 Å². The van der Waals surface area contributed by atoms with Gasteiger partial charge in [0, 0.05) is 25.9 Å². The maximum atomic E-state index is 12.3. The van der Waals surface area contributed by atoms with Crippen molar-refractivity contribution in [2.24, 2.45) is 0 Å². The number of aliphatic carboxylic acids is 1. The molecule has 0 aromatic carbocycles. The number of carboxylic acid groups (broad SMARTS) is 1. The van der Waals surface area contributed by atoms with Gasteiger partial charge in [0.15, 0.2) is 0 Å². The third kappa shape index (κ3) is 3.20. The fraction of sp³-hybridized carbons (Fsp3) is 0.833. The molecule has 0 saturated carbocycles. The van der Waals surface area contributed by atoms with E-state index in [1.165, 1.54) is 4.90 Å². The number of hydrogen-bond donors (Lipinski definition) is 1. The van der Waals surface area contributed by atoms with Crippen molar-refractivity contribution in [3.05, 3.63) is 0 Å². The molecule has 2 aliphatic rings. The molecule has 102 valence electrons. The Labute approximate surface area is 106 Å². The zero-order valence-corrected chi connectivity index (χ0v) is 10.3. The monoisotopic (exact) mass is 257 g/mol. The fourth-order valence-corrected chi connectivity index (χ4v) is 2.49. The normalized spacial score (nSPS) is 25.0. The van der Waals surface area contributed by atoms with Crippen molar-refractivity contribution in [1.29, 1.82) is 0 Å². The summed E-state index contributed by atoms with van der Waals surface area (Å²) in [6, 6.07) is -0.0356. The molecule has 2 heterocycles. The molecule has 6 nitrogen and oxygen atoms in total. The van der Waals surface area contributed by atoms with E-state index in [2.05, 4.69) is 0 Å². The largest absolute Gasteiger partial charge is 0.480 e. The molecule has 1 amide bonds. The summed E-state index contributed by atoms with van der Waals surface area (Å²) in [5.74, 6) is -1.16. The van der Waals surface area contributed by atoms with Crippen LogP contribution in [0.1, 0.15) is 25.7 Å². The molecule has 0 aliphatic carbocycles. The lowest BCUT2D eigenvalue weighted by Gasteiger charge is -2.34. The van der Waals surface area contributed by atoms with Crippen molar-refractivity contribution in [3.8, 4) is 0 Å². The summed E-state index contributed by atoms with van der Waals surface area (Å²) in [5.41, 5.74) is 0. The molecule has 0 bridgehead atoms. The molecular weight excluding hydrogens is 238 g/mol. The van der Waals surface area contributed by atoms with E-state index in [1.807, 2.05) is 0 Å². The zero-order valence-electron chi connectivity index (χ0n) is 10.3. The van der Waals surface area contributed by atoms with Gasteiger partial charge in [-0.05, 0) is 25.7 Å². The maximum absolute atomic E-state index is 12.3. The van der Waals surface area contributed by atoms with Crippen LogP contribution in [0.4, 0.5) is 0 Å². The number of hydrogen-bond acceptors (Lipinski definition) is 4. The summed E-state index contributed by atoms with van der Waals surface area (Å²) in [6.45, 7) is 1.51. The fourth-order valence-electron chi connectivity index (χ4n) is 2.49. The Morgan fingerprint density at radius 2 is 1.89 bits per heavy atom. The molecule has 0 aromatic rings. The van der Waals surface area contributed by atoms with Crippen LogP contribution in [0.2, 0.25) is 0 Å². The minimum absolute atomic E-state index is 0.0356. The van der Waals surface area contributed by atoms with Crippen molar-refractivity contribution in [1.82, 2.24) is 4.90 Å². The van der Waals surface area contributed by atoms with Crippen molar-refractivity contribution >= 4 is 11.9 Å². The molecule has 18 heavy (non-hydrogen) atoms. The van der Waals surface area contributed by atoms with Gasteiger partial charge in [0.1, 0.15) is 12.6 Å². The van der Waals surface area contributed by atoms with Gasteiger partial charge in [-0.1, -0.05) is 0 Å². The Bertz CT molecular complexity index is 308. The molecule has 1 N–H and O–H groups in total. The van der Waals surface area contributed by atoms with Crippen molar-refractivity contribution in [3.63, 3.8) is 0 Å². The SMILES string of the molecule is O=C(O)CN(C(=O)C1CCCO1)C1CCOCC1. The van der Waals surface area contributed by atoms with E-state index in [0.29, 0.717) is 39.1 Å². The highest BCUT2D eigenvalue weighted by atomic mass is 16.5. The summed E-state index contributed by atoms with van der Waals surface area (Å²) in [7, 11) is 0. The summed E-state index contributed by atoms with van der Waals surface area (Å²) in [4.78, 5) is 24.6. The Morgan fingerprint density at radius 1 is 1.17 bits per heavy atom. The molecular formula is C12H19NO5. The van der Waals surface area contributed by atoms with Gasteiger partial charge in [0.2, 0.25) is 0 Å². The van der Waals surface area contributed by atoms with Crippen LogP contribution in [0, 0.1) is 0 Å². The lowest BCUT2D eigenvalue weighted by molar-refractivity contribution is -0.153. The highest BCUT2D eigenvalue weighted by Crippen LogP contribution is 2.20. The molecule has 2 saturated heterocycles. The van der Waals surface area contributed by atoms with Crippen LogP contribution in [0.25, 0.3) is 0 Å². The average molecular weight is 257 g/mol. The Balaban J connectivity index is 2.02. The van der Waals surface area contributed by atoms with Gasteiger partial charge in [-0.15, -0.1) is 0 Å². The standard InChI is InChI=1S/C12H19NO5/c14-11(15)8-13(9-3-6-17-7-4-9)12(16)10-2-1-5-18-10/h9-10H,1-8H2,(H,14,15). The predicted molar refractivity (Wildman–Crippen MR) is 62.2 cm³/mol. The number of carbonyl (C=O) groups is 2. The average Bonchev–Trinajstić information content (AvgIpc) is 2.90. The molecule has 1 atom stereocenters. The van der Waals surface area contributed by atoms with Crippen molar-refractivity contribution < 1.29 is 24.2 Å². The number of amides is 1. The van der Waals surface area contributed by atoms with Crippen molar-refractivity contribution in [2.45, 2.75) is 37.8 Å². The molecule has 0 radical (unpaired) electrons. The van der Waals surface area contributed by atoms with Gasteiger partial charge in [-0.3, -0.25) is 9.59 Å². The van der Waals surface area contributed by atoms with E-state index in [0.717, 1.165) is 6.42 Å². The number of ether oxygens (including phenoxy) is 2. The highest BCUT2D eigenvalue weighted by molar-refractivity contribution is 5.85. The number of nitrogens with zero attached hydrogens (tertiary/aromatic N) is 1. The second-order valence-electron chi connectivity index (χ2n) is 4.71. The molecule has 0 spiro atoms. The molecule has 2 aliphatic heterocycles. The van der Waals surface area contributed by atoms with Crippen LogP contribution in [-0.2, 0) is 19.1 Å². The van der Waals surface area contributed by atoms with E-state index in [1.54, 1.807) is 0 Å². The zero-order chi connectivity index (χ0) is 13.0. The van der Waals surface area contributed by atoms with Crippen LogP contribution in [0.15, 0.2) is 0 Å². The van der Waals surface area contributed by atoms with Crippen LogP contribution < -0.4 is 0 Å². The second-order valence-corrected chi connectivity index (χ2v) is 4.71. The van der Waals surface area contributed by atoms with Gasteiger partial charge < -0.3 is 19.5 Å². The summed E-state index contributed by atoms with van der Waals surface area (Å²) < 4.78 is 10.6. The molecule has 6 heteroatoms. The van der Waals surface area contributed by atoms with Gasteiger partial charge in [0.05, 0.1) is 0 Å². The van der Waals surface area contributed by atoms with E-state index < -0.39 is 12.1 Å². The first-order chi connectivity index (χ1) is 8.68. The minimum atomic E-state index is -0.979. The predicted octanol–water partition coefficient (Wildman–Crippen LogP) is 0.258.